The Morgan fingerprint density at radius 1 is 1.29 bits per heavy atom. The van der Waals surface area contributed by atoms with Gasteiger partial charge in [-0.1, -0.05) is 54.5 Å². The fraction of sp³-hybridized carbons (Fsp3) is 0.471. The van der Waals surface area contributed by atoms with Gasteiger partial charge in [0.25, 0.3) is 0 Å². The van der Waals surface area contributed by atoms with Crippen molar-refractivity contribution in [2.24, 2.45) is 0 Å². The lowest BCUT2D eigenvalue weighted by atomic mass is 9.96. The van der Waals surface area contributed by atoms with E-state index in [9.17, 15) is 4.79 Å². The lowest BCUT2D eigenvalue weighted by Crippen LogP contribution is -2.21. The Morgan fingerprint density at radius 3 is 2.88 bits per heavy atom. The minimum atomic E-state index is 0.0365. The highest BCUT2D eigenvalue weighted by Gasteiger charge is 2.16. The number of methoxy groups -OCH3 is 1. The van der Waals surface area contributed by atoms with Crippen LogP contribution in [0.4, 0.5) is 5.13 Å². The molecule has 24 heavy (non-hydrogen) atoms. The highest BCUT2D eigenvalue weighted by Crippen LogP contribution is 2.29. The second-order valence-corrected chi connectivity index (χ2v) is 7.96. The summed E-state index contributed by atoms with van der Waals surface area (Å²) in [6.07, 6.45) is 6.31. The van der Waals surface area contributed by atoms with E-state index in [1.54, 1.807) is 19.2 Å². The second kappa shape index (κ2) is 8.48. The smallest absolute Gasteiger partial charge is 0.206 e. The molecule has 1 fully saturated rings. The van der Waals surface area contributed by atoms with E-state index in [-0.39, 0.29) is 5.78 Å². The standard InChI is InChI=1S/C17H21N3O2S2/c1-22-15-10-6-5-9-13(15)14(21)11-23-17-20-19-16(24-17)18-12-7-3-2-4-8-12/h5-6,9-10,12H,2-4,7-8,11H2,1H3,(H,18,19). The molecule has 1 N–H and O–H groups in total. The van der Waals surface area contributed by atoms with Crippen LogP contribution in [-0.4, -0.2) is 34.9 Å². The summed E-state index contributed by atoms with van der Waals surface area (Å²) in [7, 11) is 1.58. The number of nitrogens with zero attached hydrogens (tertiary/aromatic N) is 2. The highest BCUT2D eigenvalue weighted by molar-refractivity contribution is 8.01. The molecule has 0 saturated heterocycles. The van der Waals surface area contributed by atoms with Gasteiger partial charge in [0.15, 0.2) is 10.1 Å². The Morgan fingerprint density at radius 2 is 2.08 bits per heavy atom. The molecule has 0 atom stereocenters. The fourth-order valence-corrected chi connectivity index (χ4v) is 4.54. The van der Waals surface area contributed by atoms with E-state index < -0.39 is 0 Å². The van der Waals surface area contributed by atoms with Crippen molar-refractivity contribution in [3.63, 3.8) is 0 Å². The molecule has 1 heterocycles. The van der Waals surface area contributed by atoms with E-state index in [0.717, 1.165) is 9.47 Å². The quantitative estimate of drug-likeness (QED) is 0.585. The lowest BCUT2D eigenvalue weighted by molar-refractivity contribution is 0.101. The van der Waals surface area contributed by atoms with Crippen molar-refractivity contribution in [3.05, 3.63) is 29.8 Å². The van der Waals surface area contributed by atoms with Gasteiger partial charge in [0.05, 0.1) is 18.4 Å². The number of hydrogen-bond donors (Lipinski definition) is 1. The molecule has 1 saturated carbocycles. The second-order valence-electron chi connectivity index (χ2n) is 5.76. The van der Waals surface area contributed by atoms with E-state index in [1.165, 1.54) is 55.2 Å². The van der Waals surface area contributed by atoms with Crippen LogP contribution in [0.2, 0.25) is 0 Å². The highest BCUT2D eigenvalue weighted by atomic mass is 32.2. The molecule has 0 unspecified atom stereocenters. The number of thioether (sulfide) groups is 1. The Hall–Kier alpha value is -1.60. The molecule has 128 valence electrons. The van der Waals surface area contributed by atoms with Crippen molar-refractivity contribution in [2.75, 3.05) is 18.2 Å². The zero-order valence-corrected chi connectivity index (χ0v) is 15.3. The molecule has 3 rings (SSSR count). The van der Waals surface area contributed by atoms with Crippen molar-refractivity contribution < 1.29 is 9.53 Å². The van der Waals surface area contributed by atoms with Crippen LogP contribution in [0.25, 0.3) is 0 Å². The van der Waals surface area contributed by atoms with E-state index in [4.69, 9.17) is 4.74 Å². The van der Waals surface area contributed by atoms with Gasteiger partial charge in [-0.3, -0.25) is 4.79 Å². The molecule has 1 aliphatic rings. The van der Waals surface area contributed by atoms with E-state index in [2.05, 4.69) is 15.5 Å². The fourth-order valence-electron chi connectivity index (χ4n) is 2.83. The zero-order valence-electron chi connectivity index (χ0n) is 13.7. The molecule has 0 aliphatic heterocycles. The van der Waals surface area contributed by atoms with Gasteiger partial charge in [-0.15, -0.1) is 10.2 Å². The van der Waals surface area contributed by atoms with Crippen LogP contribution in [-0.2, 0) is 0 Å². The summed E-state index contributed by atoms with van der Waals surface area (Å²) in [6.45, 7) is 0. The van der Waals surface area contributed by atoms with Crippen molar-refractivity contribution in [1.29, 1.82) is 0 Å². The number of anilines is 1. The molecule has 0 bridgehead atoms. The first kappa shape index (κ1) is 17.2. The number of rotatable bonds is 7. The number of aromatic nitrogens is 2. The van der Waals surface area contributed by atoms with Crippen LogP contribution in [0, 0.1) is 0 Å². The number of nitrogens with one attached hydrogen (secondary N) is 1. The maximum atomic E-state index is 12.4. The van der Waals surface area contributed by atoms with Crippen molar-refractivity contribution in [2.45, 2.75) is 42.5 Å². The first-order valence-corrected chi connectivity index (χ1v) is 9.95. The number of benzene rings is 1. The van der Waals surface area contributed by atoms with Gasteiger partial charge in [0.2, 0.25) is 5.13 Å². The third-order valence-electron chi connectivity index (χ3n) is 4.07. The summed E-state index contributed by atoms with van der Waals surface area (Å²) in [6, 6.07) is 7.81. The van der Waals surface area contributed by atoms with Gasteiger partial charge in [-0.2, -0.15) is 0 Å². The number of ketones is 1. The summed E-state index contributed by atoms with van der Waals surface area (Å²) < 4.78 is 6.06. The van der Waals surface area contributed by atoms with Crippen LogP contribution in [0.15, 0.2) is 28.6 Å². The first-order chi connectivity index (χ1) is 11.8. The van der Waals surface area contributed by atoms with Crippen LogP contribution in [0.3, 0.4) is 0 Å². The Labute approximate surface area is 150 Å². The maximum absolute atomic E-state index is 12.4. The minimum Gasteiger partial charge on any atom is -0.496 e. The molecule has 1 aromatic heterocycles. The van der Waals surface area contributed by atoms with Crippen molar-refractivity contribution >= 4 is 34.0 Å². The number of ether oxygens (including phenoxy) is 1. The summed E-state index contributed by atoms with van der Waals surface area (Å²) in [5.41, 5.74) is 0.609. The number of carbonyl (C=O) groups excluding carboxylic acids is 1. The van der Waals surface area contributed by atoms with Gasteiger partial charge in [-0.25, -0.2) is 0 Å². The van der Waals surface area contributed by atoms with Gasteiger partial charge in [0.1, 0.15) is 5.75 Å². The number of carbonyl (C=O) groups is 1. The average Bonchev–Trinajstić information content (AvgIpc) is 3.08. The molecule has 0 amide bonds. The Balaban J connectivity index is 1.54. The molecule has 2 aromatic rings. The largest absolute Gasteiger partial charge is 0.496 e. The summed E-state index contributed by atoms with van der Waals surface area (Å²) in [5, 5.41) is 12.7. The molecule has 0 spiro atoms. The number of para-hydroxylation sites is 1. The molecule has 0 radical (unpaired) electrons. The van der Waals surface area contributed by atoms with E-state index >= 15 is 0 Å². The first-order valence-electron chi connectivity index (χ1n) is 8.15. The van der Waals surface area contributed by atoms with Crippen molar-refractivity contribution in [3.8, 4) is 5.75 Å². The number of Topliss-reactive ketones (excluding diaryl/α,β-unsaturated/α-hetero) is 1. The minimum absolute atomic E-state index is 0.0365. The molecule has 1 aliphatic carbocycles. The predicted octanol–water partition coefficient (Wildman–Crippen LogP) is 4.27. The molecule has 7 heteroatoms. The molecular formula is C17H21N3O2S2. The van der Waals surface area contributed by atoms with Crippen LogP contribution in [0.1, 0.15) is 42.5 Å². The van der Waals surface area contributed by atoms with Crippen LogP contribution < -0.4 is 10.1 Å². The van der Waals surface area contributed by atoms with Crippen molar-refractivity contribution in [1.82, 2.24) is 10.2 Å². The topological polar surface area (TPSA) is 64.1 Å². The van der Waals surface area contributed by atoms with Crippen LogP contribution >= 0.6 is 23.1 Å². The average molecular weight is 364 g/mol. The maximum Gasteiger partial charge on any atom is 0.206 e. The third-order valence-corrected chi connectivity index (χ3v) is 6.06. The Bertz CT molecular complexity index is 684. The molecule has 1 aromatic carbocycles. The zero-order chi connectivity index (χ0) is 16.8. The monoisotopic (exact) mass is 363 g/mol. The van der Waals surface area contributed by atoms with Gasteiger partial charge in [-0.05, 0) is 25.0 Å². The van der Waals surface area contributed by atoms with Crippen LogP contribution in [0.5, 0.6) is 5.75 Å². The van der Waals surface area contributed by atoms with Gasteiger partial charge in [0, 0.05) is 6.04 Å². The summed E-state index contributed by atoms with van der Waals surface area (Å²) in [4.78, 5) is 12.4. The summed E-state index contributed by atoms with van der Waals surface area (Å²) >= 11 is 2.95. The molecular weight excluding hydrogens is 342 g/mol. The molecule has 5 nitrogen and oxygen atoms in total. The Kier molecular flexibility index (Phi) is 6.09. The lowest BCUT2D eigenvalue weighted by Gasteiger charge is -2.21. The van der Waals surface area contributed by atoms with E-state index in [0.29, 0.717) is 23.1 Å². The van der Waals surface area contributed by atoms with Gasteiger partial charge < -0.3 is 10.1 Å². The summed E-state index contributed by atoms with van der Waals surface area (Å²) in [5.74, 6) is 0.979. The predicted molar refractivity (Wildman–Crippen MR) is 98.5 cm³/mol. The van der Waals surface area contributed by atoms with E-state index in [1.807, 2.05) is 12.1 Å². The normalized spacial score (nSPS) is 15.2. The van der Waals surface area contributed by atoms with Gasteiger partial charge >= 0.3 is 0 Å². The SMILES string of the molecule is COc1ccccc1C(=O)CSc1nnc(NC2CCCCC2)s1. The third kappa shape index (κ3) is 4.48. The number of hydrogen-bond acceptors (Lipinski definition) is 7.